The van der Waals surface area contributed by atoms with E-state index in [0.29, 0.717) is 11.6 Å². The second kappa shape index (κ2) is 8.36. The number of ether oxygens (including phenoxy) is 2. The highest BCUT2D eigenvalue weighted by Gasteiger charge is 2.26. The van der Waals surface area contributed by atoms with Gasteiger partial charge in [-0.1, -0.05) is 12.1 Å². The van der Waals surface area contributed by atoms with Crippen LogP contribution in [-0.4, -0.2) is 26.5 Å². The number of halogens is 2. The molecular formula is C20H15F2NO5S. The highest BCUT2D eigenvalue weighted by Crippen LogP contribution is 2.24. The summed E-state index contributed by atoms with van der Waals surface area (Å²) in [4.78, 5) is 15.6. The second-order valence-corrected chi connectivity index (χ2v) is 7.72. The summed E-state index contributed by atoms with van der Waals surface area (Å²) in [5.74, 6) is -2.50. The lowest BCUT2D eigenvalue weighted by Crippen LogP contribution is -2.13. The highest BCUT2D eigenvalue weighted by atomic mass is 32.2. The van der Waals surface area contributed by atoms with E-state index in [4.69, 9.17) is 4.74 Å². The van der Waals surface area contributed by atoms with Crippen LogP contribution in [0, 0.1) is 11.6 Å². The summed E-state index contributed by atoms with van der Waals surface area (Å²) in [7, 11) is -2.93. The Hall–Kier alpha value is -3.33. The Bertz CT molecular complexity index is 1150. The fourth-order valence-electron chi connectivity index (χ4n) is 2.50. The van der Waals surface area contributed by atoms with Gasteiger partial charge < -0.3 is 9.47 Å². The number of nitrogens with zero attached hydrogens (tertiary/aromatic N) is 1. The Balaban J connectivity index is 1.82. The number of methoxy groups -OCH3 is 1. The molecule has 0 saturated heterocycles. The van der Waals surface area contributed by atoms with Crippen LogP contribution >= 0.6 is 0 Å². The Morgan fingerprint density at radius 3 is 2.45 bits per heavy atom. The van der Waals surface area contributed by atoms with Crippen LogP contribution in [0.15, 0.2) is 70.7 Å². The van der Waals surface area contributed by atoms with E-state index < -0.39 is 32.5 Å². The first-order chi connectivity index (χ1) is 13.8. The van der Waals surface area contributed by atoms with E-state index in [2.05, 4.69) is 9.72 Å². The third-order valence-electron chi connectivity index (χ3n) is 3.95. The fraction of sp³-hybridized carbons (Fsp3) is 0.100. The van der Waals surface area contributed by atoms with Gasteiger partial charge in [0.1, 0.15) is 12.4 Å². The van der Waals surface area contributed by atoms with Crippen molar-refractivity contribution in [1.29, 1.82) is 0 Å². The minimum atomic E-state index is -4.07. The zero-order chi connectivity index (χ0) is 21.0. The number of rotatable bonds is 6. The van der Waals surface area contributed by atoms with E-state index >= 15 is 0 Å². The molecule has 29 heavy (non-hydrogen) atoms. The number of pyridine rings is 1. The number of carbonyl (C=O) groups excluding carboxylic acids is 1. The molecule has 1 aromatic heterocycles. The zero-order valence-corrected chi connectivity index (χ0v) is 15.9. The van der Waals surface area contributed by atoms with E-state index in [1.165, 1.54) is 48.7 Å². The van der Waals surface area contributed by atoms with Crippen molar-refractivity contribution in [2.75, 3.05) is 7.11 Å². The van der Waals surface area contributed by atoms with E-state index in [1.807, 2.05) is 0 Å². The quantitative estimate of drug-likeness (QED) is 0.568. The number of aromatic nitrogens is 1. The minimum Gasteiger partial charge on any atom is -0.486 e. The molecule has 2 aromatic carbocycles. The molecule has 0 atom stereocenters. The zero-order valence-electron chi connectivity index (χ0n) is 15.1. The third kappa shape index (κ3) is 4.40. The molecule has 0 unspecified atom stereocenters. The van der Waals surface area contributed by atoms with Crippen molar-refractivity contribution >= 4 is 15.8 Å². The first kappa shape index (κ1) is 20.4. The van der Waals surface area contributed by atoms with E-state index in [9.17, 15) is 22.0 Å². The Kier molecular flexibility index (Phi) is 5.88. The monoisotopic (exact) mass is 419 g/mol. The standard InChI is InChI=1S/C20H15F2NO5S/c1-27-20(24)16-3-2-10-23-19(16)29(25,26)15-7-4-13(5-8-15)12-28-18-9-6-14(21)11-17(18)22/h2-11H,12H2,1H3. The molecule has 0 amide bonds. The van der Waals surface area contributed by atoms with Crippen molar-refractivity contribution in [2.24, 2.45) is 0 Å². The molecule has 0 bridgehead atoms. The number of hydrogen-bond donors (Lipinski definition) is 0. The topological polar surface area (TPSA) is 82.6 Å². The van der Waals surface area contributed by atoms with Crippen molar-refractivity contribution in [3.8, 4) is 5.75 Å². The first-order valence-electron chi connectivity index (χ1n) is 8.28. The van der Waals surface area contributed by atoms with Gasteiger partial charge in [0.15, 0.2) is 16.6 Å². The predicted molar refractivity (Wildman–Crippen MR) is 98.2 cm³/mol. The second-order valence-electron chi connectivity index (χ2n) is 5.86. The normalized spacial score (nSPS) is 11.1. The van der Waals surface area contributed by atoms with Gasteiger partial charge in [-0.2, -0.15) is 0 Å². The van der Waals surface area contributed by atoms with Crippen LogP contribution in [0.2, 0.25) is 0 Å². The van der Waals surface area contributed by atoms with Crippen LogP contribution < -0.4 is 4.74 Å². The van der Waals surface area contributed by atoms with Gasteiger partial charge in [0.25, 0.3) is 0 Å². The summed E-state index contributed by atoms with van der Waals surface area (Å²) in [5.41, 5.74) is 0.385. The van der Waals surface area contributed by atoms with Crippen LogP contribution in [0.25, 0.3) is 0 Å². The molecule has 6 nitrogen and oxygen atoms in total. The molecule has 0 N–H and O–H groups in total. The number of carbonyl (C=O) groups is 1. The van der Waals surface area contributed by atoms with Crippen LogP contribution in [0.4, 0.5) is 8.78 Å². The number of benzene rings is 2. The third-order valence-corrected chi connectivity index (χ3v) is 5.68. The van der Waals surface area contributed by atoms with Gasteiger partial charge in [0.2, 0.25) is 9.84 Å². The van der Waals surface area contributed by atoms with Crippen molar-refractivity contribution < 1.29 is 31.5 Å². The average Bonchev–Trinajstić information content (AvgIpc) is 2.73. The summed E-state index contributed by atoms with van der Waals surface area (Å²) in [6.45, 7) is -0.0557. The van der Waals surface area contributed by atoms with Crippen molar-refractivity contribution in [1.82, 2.24) is 4.98 Å². The van der Waals surface area contributed by atoms with Gasteiger partial charge in [-0.25, -0.2) is 27.0 Å². The van der Waals surface area contributed by atoms with E-state index in [-0.39, 0.29) is 22.8 Å². The van der Waals surface area contributed by atoms with Gasteiger partial charge in [-0.3, -0.25) is 0 Å². The lowest BCUT2D eigenvalue weighted by Gasteiger charge is -2.10. The Labute approximate surface area is 165 Å². The van der Waals surface area contributed by atoms with Crippen LogP contribution in [-0.2, 0) is 21.2 Å². The van der Waals surface area contributed by atoms with Crippen LogP contribution in [0.3, 0.4) is 0 Å². The van der Waals surface area contributed by atoms with Crippen molar-refractivity contribution in [2.45, 2.75) is 16.5 Å². The molecule has 3 rings (SSSR count). The van der Waals surface area contributed by atoms with Crippen LogP contribution in [0.5, 0.6) is 5.75 Å². The molecule has 1 heterocycles. The van der Waals surface area contributed by atoms with Crippen molar-refractivity contribution in [3.05, 3.63) is 83.6 Å². The maximum atomic E-state index is 13.6. The minimum absolute atomic E-state index is 0.0557. The average molecular weight is 419 g/mol. The van der Waals surface area contributed by atoms with Gasteiger partial charge in [0, 0.05) is 12.3 Å². The predicted octanol–water partition coefficient (Wildman–Crippen LogP) is 3.56. The molecule has 0 fully saturated rings. The highest BCUT2D eigenvalue weighted by molar-refractivity contribution is 7.91. The lowest BCUT2D eigenvalue weighted by atomic mass is 10.2. The Morgan fingerprint density at radius 1 is 1.07 bits per heavy atom. The number of sulfone groups is 1. The van der Waals surface area contributed by atoms with E-state index in [0.717, 1.165) is 13.2 Å². The molecule has 3 aromatic rings. The molecule has 0 spiro atoms. The lowest BCUT2D eigenvalue weighted by molar-refractivity contribution is 0.0595. The smallest absolute Gasteiger partial charge is 0.340 e. The summed E-state index contributed by atoms with van der Waals surface area (Å²) in [6, 6.07) is 11.3. The summed E-state index contributed by atoms with van der Waals surface area (Å²) >= 11 is 0. The molecule has 0 aliphatic heterocycles. The van der Waals surface area contributed by atoms with Gasteiger partial charge in [-0.05, 0) is 42.0 Å². The van der Waals surface area contributed by atoms with Crippen LogP contribution in [0.1, 0.15) is 15.9 Å². The maximum absolute atomic E-state index is 13.6. The summed E-state index contributed by atoms with van der Waals surface area (Å²) in [6.07, 6.45) is 1.26. The molecule has 0 aliphatic rings. The van der Waals surface area contributed by atoms with Gasteiger partial charge in [-0.15, -0.1) is 0 Å². The van der Waals surface area contributed by atoms with Gasteiger partial charge in [0.05, 0.1) is 17.6 Å². The summed E-state index contributed by atoms with van der Waals surface area (Å²) < 4.78 is 62.1. The van der Waals surface area contributed by atoms with Crippen molar-refractivity contribution in [3.63, 3.8) is 0 Å². The molecule has 0 aliphatic carbocycles. The van der Waals surface area contributed by atoms with Gasteiger partial charge >= 0.3 is 5.97 Å². The SMILES string of the molecule is COC(=O)c1cccnc1S(=O)(=O)c1ccc(COc2ccc(F)cc2F)cc1. The maximum Gasteiger partial charge on any atom is 0.340 e. The van der Waals surface area contributed by atoms with E-state index in [1.54, 1.807) is 0 Å². The summed E-state index contributed by atoms with van der Waals surface area (Å²) in [5, 5.41) is -0.413. The number of esters is 1. The first-order valence-corrected chi connectivity index (χ1v) is 9.76. The molecular weight excluding hydrogens is 404 g/mol. The molecule has 0 radical (unpaired) electrons. The molecule has 0 saturated carbocycles. The molecule has 9 heteroatoms. The molecule has 150 valence electrons. The fourth-order valence-corrected chi connectivity index (χ4v) is 3.86. The largest absolute Gasteiger partial charge is 0.486 e. The Morgan fingerprint density at radius 2 is 1.79 bits per heavy atom. The number of hydrogen-bond acceptors (Lipinski definition) is 6.